The van der Waals surface area contributed by atoms with E-state index in [1.807, 2.05) is 38.1 Å². The Morgan fingerprint density at radius 3 is 2.47 bits per heavy atom. The van der Waals surface area contributed by atoms with Crippen LogP contribution in [0.15, 0.2) is 47.0 Å². The van der Waals surface area contributed by atoms with Crippen molar-refractivity contribution >= 4 is 15.7 Å². The molecular formula is C25H28N2O6S. The molecule has 1 amide bonds. The summed E-state index contributed by atoms with van der Waals surface area (Å²) in [4.78, 5) is 15.1. The van der Waals surface area contributed by atoms with Gasteiger partial charge in [-0.2, -0.15) is 0 Å². The van der Waals surface area contributed by atoms with Crippen molar-refractivity contribution in [2.75, 3.05) is 25.7 Å². The zero-order valence-corrected chi connectivity index (χ0v) is 20.5. The summed E-state index contributed by atoms with van der Waals surface area (Å²) in [5.41, 5.74) is 4.01. The topological polar surface area (TPSA) is 98.9 Å². The van der Waals surface area contributed by atoms with Gasteiger partial charge >= 0.3 is 0 Å². The van der Waals surface area contributed by atoms with Gasteiger partial charge < -0.3 is 18.9 Å². The van der Waals surface area contributed by atoms with Gasteiger partial charge in [0.25, 0.3) is 5.91 Å². The molecule has 0 saturated carbocycles. The smallest absolute Gasteiger partial charge is 0.276 e. The van der Waals surface area contributed by atoms with Crippen molar-refractivity contribution in [1.82, 2.24) is 10.1 Å². The normalized spacial score (nSPS) is 16.9. The van der Waals surface area contributed by atoms with Gasteiger partial charge in [0.15, 0.2) is 32.8 Å². The van der Waals surface area contributed by atoms with E-state index >= 15 is 0 Å². The molecule has 0 bridgehead atoms. The predicted octanol–water partition coefficient (Wildman–Crippen LogP) is 3.81. The van der Waals surface area contributed by atoms with E-state index in [1.54, 1.807) is 30.2 Å². The summed E-state index contributed by atoms with van der Waals surface area (Å²) in [7, 11) is -0.111. The summed E-state index contributed by atoms with van der Waals surface area (Å²) in [6, 6.07) is 12.4. The molecule has 0 aliphatic carbocycles. The van der Waals surface area contributed by atoms with Crippen LogP contribution in [0.1, 0.15) is 33.6 Å². The van der Waals surface area contributed by atoms with Gasteiger partial charge in [-0.25, -0.2) is 8.42 Å². The SMILES string of the molecule is COc1ccc(CN(C(=O)c2cc(-c3ccc(C)c(C)c3)on2)[C@@H]2CCS(=O)(=O)C2)cc1OC. The third kappa shape index (κ3) is 4.94. The second kappa shape index (κ2) is 9.50. The molecule has 1 fully saturated rings. The van der Waals surface area contributed by atoms with Crippen LogP contribution < -0.4 is 9.47 Å². The van der Waals surface area contributed by atoms with E-state index in [4.69, 9.17) is 14.0 Å². The van der Waals surface area contributed by atoms with Crippen LogP contribution in [0.5, 0.6) is 11.5 Å². The average Bonchev–Trinajstić information content (AvgIpc) is 3.45. The van der Waals surface area contributed by atoms with E-state index < -0.39 is 15.9 Å². The minimum Gasteiger partial charge on any atom is -0.493 e. The Hall–Kier alpha value is -3.33. The minimum atomic E-state index is -3.20. The van der Waals surface area contributed by atoms with Gasteiger partial charge in [-0.15, -0.1) is 0 Å². The summed E-state index contributed by atoms with van der Waals surface area (Å²) in [6.07, 6.45) is 0.378. The highest BCUT2D eigenvalue weighted by atomic mass is 32.2. The zero-order valence-electron chi connectivity index (χ0n) is 19.7. The van der Waals surface area contributed by atoms with Gasteiger partial charge in [0.2, 0.25) is 0 Å². The van der Waals surface area contributed by atoms with E-state index in [-0.39, 0.29) is 29.7 Å². The first-order valence-corrected chi connectivity index (χ1v) is 12.8. The third-order valence-corrected chi connectivity index (χ3v) is 7.98. The Morgan fingerprint density at radius 2 is 1.82 bits per heavy atom. The number of aromatic nitrogens is 1. The van der Waals surface area contributed by atoms with Gasteiger partial charge in [-0.1, -0.05) is 23.4 Å². The molecular weight excluding hydrogens is 456 g/mol. The van der Waals surface area contributed by atoms with Crippen molar-refractivity contribution in [3.8, 4) is 22.8 Å². The Labute approximate surface area is 199 Å². The average molecular weight is 485 g/mol. The molecule has 1 atom stereocenters. The summed E-state index contributed by atoms with van der Waals surface area (Å²) >= 11 is 0. The largest absolute Gasteiger partial charge is 0.493 e. The summed E-state index contributed by atoms with van der Waals surface area (Å²) in [5, 5.41) is 4.02. The van der Waals surface area contributed by atoms with Crippen LogP contribution in [-0.2, 0) is 16.4 Å². The first kappa shape index (κ1) is 23.8. The van der Waals surface area contributed by atoms with E-state index in [0.29, 0.717) is 23.7 Å². The molecule has 180 valence electrons. The van der Waals surface area contributed by atoms with Gasteiger partial charge in [-0.05, 0) is 55.2 Å². The lowest BCUT2D eigenvalue weighted by molar-refractivity contribution is 0.0670. The highest BCUT2D eigenvalue weighted by molar-refractivity contribution is 7.91. The molecule has 2 aromatic carbocycles. The molecule has 0 N–H and O–H groups in total. The molecule has 3 aromatic rings. The molecule has 2 heterocycles. The molecule has 1 saturated heterocycles. The quantitative estimate of drug-likeness (QED) is 0.503. The van der Waals surface area contributed by atoms with Crippen LogP contribution in [0.4, 0.5) is 0 Å². The van der Waals surface area contributed by atoms with Gasteiger partial charge in [0.05, 0.1) is 25.7 Å². The van der Waals surface area contributed by atoms with Crippen molar-refractivity contribution in [2.24, 2.45) is 0 Å². The summed E-state index contributed by atoms with van der Waals surface area (Å²) in [5.74, 6) is 1.19. The van der Waals surface area contributed by atoms with Crippen LogP contribution in [0.25, 0.3) is 11.3 Å². The van der Waals surface area contributed by atoms with E-state index in [2.05, 4.69) is 5.16 Å². The number of sulfone groups is 1. The first-order valence-electron chi connectivity index (χ1n) is 11.0. The number of carbonyl (C=O) groups is 1. The number of rotatable bonds is 7. The fourth-order valence-electron chi connectivity index (χ4n) is 4.12. The van der Waals surface area contributed by atoms with Crippen LogP contribution >= 0.6 is 0 Å². The highest BCUT2D eigenvalue weighted by Gasteiger charge is 2.36. The fourth-order valence-corrected chi connectivity index (χ4v) is 5.85. The highest BCUT2D eigenvalue weighted by Crippen LogP contribution is 2.30. The molecule has 0 unspecified atom stereocenters. The fraction of sp³-hybridized carbons (Fsp3) is 0.360. The second-order valence-electron chi connectivity index (χ2n) is 8.55. The third-order valence-electron chi connectivity index (χ3n) is 6.23. The molecule has 0 radical (unpaired) electrons. The Balaban J connectivity index is 1.65. The number of aryl methyl sites for hydroxylation is 2. The summed E-state index contributed by atoms with van der Waals surface area (Å²) < 4.78 is 40.5. The Bertz CT molecular complexity index is 1310. The lowest BCUT2D eigenvalue weighted by Gasteiger charge is -2.27. The molecule has 1 aliphatic rings. The maximum Gasteiger partial charge on any atom is 0.276 e. The van der Waals surface area contributed by atoms with Crippen molar-refractivity contribution in [3.05, 3.63) is 64.8 Å². The van der Waals surface area contributed by atoms with Gasteiger partial charge in [0, 0.05) is 24.2 Å². The zero-order chi connectivity index (χ0) is 24.5. The standard InChI is InChI=1S/C25H28N2O6S/c1-16-5-7-19(11-17(16)2)23-13-21(26-33-23)25(28)27(20-9-10-34(29,30)15-20)14-18-6-8-22(31-3)24(12-18)32-4/h5-8,11-13,20H,9-10,14-15H2,1-4H3/t20-/m1/s1. The second-order valence-corrected chi connectivity index (χ2v) is 10.8. The van der Waals surface area contributed by atoms with Crippen LogP contribution in [0.3, 0.4) is 0 Å². The van der Waals surface area contributed by atoms with Gasteiger partial charge in [0.1, 0.15) is 0 Å². The van der Waals surface area contributed by atoms with Crippen molar-refractivity contribution in [3.63, 3.8) is 0 Å². The van der Waals surface area contributed by atoms with E-state index in [1.165, 1.54) is 7.11 Å². The van der Waals surface area contributed by atoms with E-state index in [0.717, 1.165) is 22.3 Å². The Kier molecular flexibility index (Phi) is 6.65. The molecule has 8 nitrogen and oxygen atoms in total. The number of carbonyl (C=O) groups excluding carboxylic acids is 1. The minimum absolute atomic E-state index is 0.0556. The molecule has 1 aliphatic heterocycles. The van der Waals surface area contributed by atoms with Crippen molar-refractivity contribution in [1.29, 1.82) is 0 Å². The molecule has 4 rings (SSSR count). The predicted molar refractivity (Wildman–Crippen MR) is 128 cm³/mol. The molecule has 0 spiro atoms. The lowest BCUT2D eigenvalue weighted by Crippen LogP contribution is -2.40. The Morgan fingerprint density at radius 1 is 1.06 bits per heavy atom. The molecule has 1 aromatic heterocycles. The monoisotopic (exact) mass is 484 g/mol. The number of ether oxygens (including phenoxy) is 2. The van der Waals surface area contributed by atoms with Crippen LogP contribution in [0.2, 0.25) is 0 Å². The number of amides is 1. The maximum absolute atomic E-state index is 13.5. The van der Waals surface area contributed by atoms with Crippen LogP contribution in [0, 0.1) is 13.8 Å². The number of nitrogens with zero attached hydrogens (tertiary/aromatic N) is 2. The number of methoxy groups -OCH3 is 2. The number of hydrogen-bond acceptors (Lipinski definition) is 7. The first-order chi connectivity index (χ1) is 16.2. The van der Waals surface area contributed by atoms with Gasteiger partial charge in [-0.3, -0.25) is 4.79 Å². The van der Waals surface area contributed by atoms with Crippen molar-refractivity contribution in [2.45, 2.75) is 32.9 Å². The number of benzene rings is 2. The van der Waals surface area contributed by atoms with Crippen molar-refractivity contribution < 1.29 is 27.2 Å². The molecule has 34 heavy (non-hydrogen) atoms. The molecule has 9 heteroatoms. The summed E-state index contributed by atoms with van der Waals surface area (Å²) in [6.45, 7) is 4.23. The van der Waals surface area contributed by atoms with Crippen LogP contribution in [-0.4, -0.2) is 56.1 Å². The lowest BCUT2D eigenvalue weighted by atomic mass is 10.0. The van der Waals surface area contributed by atoms with E-state index in [9.17, 15) is 13.2 Å². The maximum atomic E-state index is 13.5. The number of hydrogen-bond donors (Lipinski definition) is 0.